The molecule has 0 fully saturated rings. The normalized spacial score (nSPS) is 12.9. The SMILES string of the molecule is CC(CC#N)N(C)S(=O)(=O)NCc1ccc(C(=O)O)cc1. The molecule has 7 nitrogen and oxygen atoms in total. The van der Waals surface area contributed by atoms with E-state index in [0.29, 0.717) is 5.56 Å². The first kappa shape index (κ1) is 17.1. The second-order valence-corrected chi connectivity index (χ2v) is 6.37. The van der Waals surface area contributed by atoms with E-state index in [2.05, 4.69) is 4.72 Å². The number of nitriles is 1. The first-order valence-electron chi connectivity index (χ1n) is 6.19. The first-order valence-corrected chi connectivity index (χ1v) is 7.63. The van der Waals surface area contributed by atoms with Gasteiger partial charge in [-0.2, -0.15) is 22.7 Å². The van der Waals surface area contributed by atoms with Gasteiger partial charge < -0.3 is 5.11 Å². The van der Waals surface area contributed by atoms with Crippen molar-refractivity contribution in [2.75, 3.05) is 7.05 Å². The average Bonchev–Trinajstić information content (AvgIpc) is 2.45. The molecule has 114 valence electrons. The van der Waals surface area contributed by atoms with E-state index >= 15 is 0 Å². The summed E-state index contributed by atoms with van der Waals surface area (Å²) in [6, 6.07) is 7.41. The lowest BCUT2D eigenvalue weighted by molar-refractivity contribution is 0.0697. The minimum Gasteiger partial charge on any atom is -0.478 e. The van der Waals surface area contributed by atoms with Crippen LogP contribution in [-0.2, 0) is 16.8 Å². The molecule has 1 aromatic carbocycles. The summed E-state index contributed by atoms with van der Waals surface area (Å²) in [5.41, 5.74) is 0.784. The van der Waals surface area contributed by atoms with Crippen molar-refractivity contribution in [3.63, 3.8) is 0 Å². The minimum absolute atomic E-state index is 0.0475. The van der Waals surface area contributed by atoms with Gasteiger partial charge in [-0.05, 0) is 24.6 Å². The van der Waals surface area contributed by atoms with Gasteiger partial charge in [0.05, 0.1) is 18.1 Å². The number of hydrogen-bond donors (Lipinski definition) is 2. The van der Waals surface area contributed by atoms with Gasteiger partial charge in [-0.3, -0.25) is 0 Å². The van der Waals surface area contributed by atoms with Gasteiger partial charge in [0, 0.05) is 19.6 Å². The number of carboxylic acid groups (broad SMARTS) is 1. The zero-order valence-electron chi connectivity index (χ0n) is 11.8. The maximum Gasteiger partial charge on any atom is 0.335 e. The van der Waals surface area contributed by atoms with Crippen LogP contribution in [0, 0.1) is 11.3 Å². The van der Waals surface area contributed by atoms with E-state index in [1.54, 1.807) is 19.1 Å². The topological polar surface area (TPSA) is 111 Å². The first-order chi connectivity index (χ1) is 9.77. The minimum atomic E-state index is -3.69. The number of benzene rings is 1. The molecule has 0 saturated carbocycles. The Morgan fingerprint density at radius 2 is 2.00 bits per heavy atom. The van der Waals surface area contributed by atoms with Gasteiger partial charge in [0.1, 0.15) is 0 Å². The van der Waals surface area contributed by atoms with Crippen molar-refractivity contribution in [1.82, 2.24) is 9.03 Å². The summed E-state index contributed by atoms with van der Waals surface area (Å²) in [6.45, 7) is 1.69. The lowest BCUT2D eigenvalue weighted by Crippen LogP contribution is -2.42. The van der Waals surface area contributed by atoms with Crippen molar-refractivity contribution in [3.8, 4) is 6.07 Å². The number of carbonyl (C=O) groups is 1. The molecule has 21 heavy (non-hydrogen) atoms. The Morgan fingerprint density at radius 1 is 1.43 bits per heavy atom. The number of nitrogens with one attached hydrogen (secondary N) is 1. The zero-order chi connectivity index (χ0) is 16.0. The second kappa shape index (κ2) is 7.17. The summed E-state index contributed by atoms with van der Waals surface area (Å²) in [7, 11) is -2.29. The molecule has 0 aromatic heterocycles. The molecule has 0 spiro atoms. The Balaban J connectivity index is 2.69. The van der Waals surface area contributed by atoms with Crippen molar-refractivity contribution in [3.05, 3.63) is 35.4 Å². The van der Waals surface area contributed by atoms with E-state index in [1.165, 1.54) is 19.2 Å². The Hall–Kier alpha value is -1.95. The molecule has 1 atom stereocenters. The fourth-order valence-corrected chi connectivity index (χ4v) is 2.64. The molecular formula is C13H17N3O4S. The highest BCUT2D eigenvalue weighted by molar-refractivity contribution is 7.87. The lowest BCUT2D eigenvalue weighted by Gasteiger charge is -2.22. The third-order valence-electron chi connectivity index (χ3n) is 3.05. The van der Waals surface area contributed by atoms with Crippen molar-refractivity contribution in [2.24, 2.45) is 0 Å². The predicted octanol–water partition coefficient (Wildman–Crippen LogP) is 0.953. The van der Waals surface area contributed by atoms with Gasteiger partial charge in [0.15, 0.2) is 0 Å². The molecule has 1 rings (SSSR count). The molecular weight excluding hydrogens is 294 g/mol. The number of nitrogens with zero attached hydrogens (tertiary/aromatic N) is 2. The summed E-state index contributed by atoms with van der Waals surface area (Å²) in [6.07, 6.45) is 0.102. The maximum atomic E-state index is 12.0. The smallest absolute Gasteiger partial charge is 0.335 e. The summed E-state index contributed by atoms with van der Waals surface area (Å²) < 4.78 is 27.5. The van der Waals surface area contributed by atoms with Crippen LogP contribution in [0.15, 0.2) is 24.3 Å². The van der Waals surface area contributed by atoms with Crippen LogP contribution in [0.4, 0.5) is 0 Å². The molecule has 0 radical (unpaired) electrons. The number of carboxylic acids is 1. The molecule has 0 saturated heterocycles. The highest BCUT2D eigenvalue weighted by atomic mass is 32.2. The molecule has 8 heteroatoms. The molecule has 0 bridgehead atoms. The number of aromatic carboxylic acids is 1. The van der Waals surface area contributed by atoms with Crippen molar-refractivity contribution >= 4 is 16.2 Å². The van der Waals surface area contributed by atoms with E-state index in [9.17, 15) is 13.2 Å². The molecule has 2 N–H and O–H groups in total. The van der Waals surface area contributed by atoms with Crippen molar-refractivity contribution in [1.29, 1.82) is 5.26 Å². The van der Waals surface area contributed by atoms with Crippen molar-refractivity contribution < 1.29 is 18.3 Å². The standard InChI is InChI=1S/C13H17N3O4S/c1-10(7-8-14)16(2)21(19,20)15-9-11-3-5-12(6-4-11)13(17)18/h3-6,10,15H,7,9H2,1-2H3,(H,17,18). The van der Waals surface area contributed by atoms with E-state index in [0.717, 1.165) is 4.31 Å². The Labute approximate surface area is 124 Å². The van der Waals surface area contributed by atoms with Crippen LogP contribution in [0.25, 0.3) is 0 Å². The van der Waals surface area contributed by atoms with E-state index < -0.39 is 22.2 Å². The van der Waals surface area contributed by atoms with Crippen LogP contribution in [0.1, 0.15) is 29.3 Å². The van der Waals surface area contributed by atoms with Gasteiger partial charge in [0.25, 0.3) is 10.2 Å². The van der Waals surface area contributed by atoms with Crippen LogP contribution in [0.3, 0.4) is 0 Å². The maximum absolute atomic E-state index is 12.0. The number of rotatable bonds is 7. The van der Waals surface area contributed by atoms with Gasteiger partial charge in [0.2, 0.25) is 0 Å². The Morgan fingerprint density at radius 3 is 2.48 bits per heavy atom. The molecule has 1 unspecified atom stereocenters. The van der Waals surface area contributed by atoms with E-state index in [1.807, 2.05) is 6.07 Å². The monoisotopic (exact) mass is 311 g/mol. The molecule has 0 aliphatic rings. The molecule has 0 aliphatic heterocycles. The molecule has 0 heterocycles. The molecule has 1 aromatic rings. The Kier molecular flexibility index (Phi) is 5.84. The Bertz CT molecular complexity index is 634. The average molecular weight is 311 g/mol. The highest BCUT2D eigenvalue weighted by Crippen LogP contribution is 2.08. The quantitative estimate of drug-likeness (QED) is 0.779. The second-order valence-electron chi connectivity index (χ2n) is 4.56. The highest BCUT2D eigenvalue weighted by Gasteiger charge is 2.22. The van der Waals surface area contributed by atoms with Gasteiger partial charge in [-0.1, -0.05) is 12.1 Å². The number of hydrogen-bond acceptors (Lipinski definition) is 4. The zero-order valence-corrected chi connectivity index (χ0v) is 12.6. The fourth-order valence-electron chi connectivity index (χ4n) is 1.54. The van der Waals surface area contributed by atoms with Gasteiger partial charge >= 0.3 is 5.97 Å². The fraction of sp³-hybridized carbons (Fsp3) is 0.385. The van der Waals surface area contributed by atoms with Crippen LogP contribution < -0.4 is 4.72 Å². The van der Waals surface area contributed by atoms with E-state index in [4.69, 9.17) is 10.4 Å². The van der Waals surface area contributed by atoms with Crippen LogP contribution in [-0.4, -0.2) is 36.9 Å². The van der Waals surface area contributed by atoms with Gasteiger partial charge in [-0.15, -0.1) is 0 Å². The largest absolute Gasteiger partial charge is 0.478 e. The third kappa shape index (κ3) is 4.82. The van der Waals surface area contributed by atoms with Gasteiger partial charge in [-0.25, -0.2) is 4.79 Å². The molecule has 0 aliphatic carbocycles. The molecule has 0 amide bonds. The third-order valence-corrected chi connectivity index (χ3v) is 4.67. The summed E-state index contributed by atoms with van der Waals surface area (Å²) in [5, 5.41) is 17.4. The summed E-state index contributed by atoms with van der Waals surface area (Å²) in [5.74, 6) is -1.04. The van der Waals surface area contributed by atoms with Crippen LogP contribution >= 0.6 is 0 Å². The van der Waals surface area contributed by atoms with Crippen molar-refractivity contribution in [2.45, 2.75) is 25.9 Å². The van der Waals surface area contributed by atoms with Crippen LogP contribution in [0.5, 0.6) is 0 Å². The summed E-state index contributed by atoms with van der Waals surface area (Å²) >= 11 is 0. The van der Waals surface area contributed by atoms with Crippen LogP contribution in [0.2, 0.25) is 0 Å². The predicted molar refractivity (Wildman–Crippen MR) is 76.6 cm³/mol. The summed E-state index contributed by atoms with van der Waals surface area (Å²) in [4.78, 5) is 10.7. The lowest BCUT2D eigenvalue weighted by atomic mass is 10.1. The van der Waals surface area contributed by atoms with E-state index in [-0.39, 0.29) is 18.5 Å².